The Balaban J connectivity index is 1.54. The molecule has 0 fully saturated rings. The topological polar surface area (TPSA) is 168 Å². The zero-order valence-corrected chi connectivity index (χ0v) is 31.2. The van der Waals surface area contributed by atoms with Crippen LogP contribution in [0.25, 0.3) is 0 Å². The van der Waals surface area contributed by atoms with Crippen LogP contribution in [0.2, 0.25) is 0 Å². The summed E-state index contributed by atoms with van der Waals surface area (Å²) in [5, 5.41) is 23.5. The Bertz CT molecular complexity index is 1620. The van der Waals surface area contributed by atoms with Gasteiger partial charge in [0.1, 0.15) is 25.3 Å². The molecule has 0 radical (unpaired) electrons. The number of hydrogen-bond donors (Lipinski definition) is 5. The van der Waals surface area contributed by atoms with Crippen molar-refractivity contribution in [2.24, 2.45) is 11.8 Å². The summed E-state index contributed by atoms with van der Waals surface area (Å²) in [5.74, 6) is -1.73. The number of ether oxygens (including phenoxy) is 2. The average Bonchev–Trinajstić information content (AvgIpc) is 3.17. The third-order valence-corrected chi connectivity index (χ3v) is 8.85. The van der Waals surface area contributed by atoms with Gasteiger partial charge in [0.25, 0.3) is 0 Å². The number of alkyl carbamates (subject to hydrolysis) is 2. The smallest absolute Gasteiger partial charge is 0.408 e. The van der Waals surface area contributed by atoms with Gasteiger partial charge in [0.2, 0.25) is 11.8 Å². The summed E-state index contributed by atoms with van der Waals surface area (Å²) in [6.45, 7) is 7.20. The predicted octanol–water partition coefficient (Wildman–Crippen LogP) is 5.10. The van der Waals surface area contributed by atoms with E-state index in [2.05, 4.69) is 26.3 Å². The van der Waals surface area contributed by atoms with Gasteiger partial charge in [-0.25, -0.2) is 9.59 Å². The van der Waals surface area contributed by atoms with Crippen LogP contribution in [0.4, 0.5) is 9.59 Å². The van der Waals surface area contributed by atoms with Crippen molar-refractivity contribution < 1.29 is 33.8 Å². The zero-order valence-electron chi connectivity index (χ0n) is 31.2. The predicted molar refractivity (Wildman–Crippen MR) is 205 cm³/mol. The minimum atomic E-state index is -1.32. The van der Waals surface area contributed by atoms with Gasteiger partial charge in [-0.05, 0) is 59.1 Å². The quantitative estimate of drug-likeness (QED) is 0.0941. The molecule has 0 saturated heterocycles. The van der Waals surface area contributed by atoms with E-state index >= 15 is 0 Å². The van der Waals surface area contributed by atoms with Crippen LogP contribution in [0.1, 0.15) is 49.9 Å². The Morgan fingerprint density at radius 2 is 0.889 bits per heavy atom. The number of benzene rings is 3. The van der Waals surface area contributed by atoms with E-state index in [0.29, 0.717) is 0 Å². The molecule has 0 bridgehead atoms. The normalized spacial score (nSPS) is 13.8. The standard InChI is InChI=1S/C42H51N5O7/c1-28(2)36(46-41(51)53-26-32-18-12-7-13-19-32)39(49)44-34(24-30-14-8-5-9-15-30)38(48)35(25-31-16-10-6-11-17-31)45-40(50)37(29(3)4)47-42(52)54-27-33-20-22-43-23-21-33/h5-23,28-29,34-38,48H,24-27H2,1-4H3,(H,44,49)(H,45,50)(H,46,51)(H,47,52)/t34?,35?,36-,37-,38?/m0/s1. The summed E-state index contributed by atoms with van der Waals surface area (Å²) in [6.07, 6.45) is 0.760. The van der Waals surface area contributed by atoms with Crippen molar-refractivity contribution >= 4 is 24.0 Å². The highest BCUT2D eigenvalue weighted by Gasteiger charge is 2.35. The van der Waals surface area contributed by atoms with E-state index < -0.39 is 54.3 Å². The highest BCUT2D eigenvalue weighted by Crippen LogP contribution is 2.16. The van der Waals surface area contributed by atoms with E-state index in [9.17, 15) is 24.3 Å². The number of aliphatic hydroxyl groups excluding tert-OH is 1. The molecule has 1 aromatic heterocycles. The fourth-order valence-electron chi connectivity index (χ4n) is 5.83. The van der Waals surface area contributed by atoms with E-state index in [1.165, 1.54) is 0 Å². The number of carbonyl (C=O) groups excluding carboxylic acids is 4. The lowest BCUT2D eigenvalue weighted by Crippen LogP contribution is -2.61. The first kappa shape index (κ1) is 41.0. The van der Waals surface area contributed by atoms with Crippen LogP contribution in [0.3, 0.4) is 0 Å². The Hall–Kier alpha value is -5.75. The number of aromatic nitrogens is 1. The molecule has 0 aliphatic heterocycles. The van der Waals surface area contributed by atoms with Crippen molar-refractivity contribution in [3.05, 3.63) is 138 Å². The lowest BCUT2D eigenvalue weighted by atomic mass is 9.91. The fraction of sp³-hybridized carbons (Fsp3) is 0.357. The maximum atomic E-state index is 13.9. The van der Waals surface area contributed by atoms with Crippen molar-refractivity contribution in [1.82, 2.24) is 26.3 Å². The van der Waals surface area contributed by atoms with Gasteiger partial charge < -0.3 is 35.8 Å². The van der Waals surface area contributed by atoms with Crippen LogP contribution in [0, 0.1) is 11.8 Å². The van der Waals surface area contributed by atoms with E-state index in [1.54, 1.807) is 52.2 Å². The van der Waals surface area contributed by atoms with Gasteiger partial charge in [-0.2, -0.15) is 0 Å². The summed E-state index contributed by atoms with van der Waals surface area (Å²) in [4.78, 5) is 57.5. The highest BCUT2D eigenvalue weighted by atomic mass is 16.6. The molecule has 5 N–H and O–H groups in total. The molecule has 4 rings (SSSR count). The second-order valence-corrected chi connectivity index (χ2v) is 13.8. The zero-order chi connectivity index (χ0) is 38.9. The first-order valence-corrected chi connectivity index (χ1v) is 18.2. The monoisotopic (exact) mass is 737 g/mol. The second-order valence-electron chi connectivity index (χ2n) is 13.8. The maximum absolute atomic E-state index is 13.9. The van der Waals surface area contributed by atoms with Crippen LogP contribution in [-0.4, -0.2) is 64.4 Å². The van der Waals surface area contributed by atoms with Crippen molar-refractivity contribution in [2.45, 2.75) is 84.0 Å². The summed E-state index contributed by atoms with van der Waals surface area (Å²) in [6, 6.07) is 27.5. The summed E-state index contributed by atoms with van der Waals surface area (Å²) in [5.41, 5.74) is 3.21. The number of pyridine rings is 1. The molecule has 12 heteroatoms. The van der Waals surface area contributed by atoms with E-state index in [4.69, 9.17) is 9.47 Å². The summed E-state index contributed by atoms with van der Waals surface area (Å²) < 4.78 is 10.8. The molecule has 4 amide bonds. The third-order valence-electron chi connectivity index (χ3n) is 8.85. The minimum Gasteiger partial charge on any atom is -0.445 e. The number of aliphatic hydroxyl groups is 1. The average molecular weight is 738 g/mol. The lowest BCUT2D eigenvalue weighted by Gasteiger charge is -2.34. The molecule has 12 nitrogen and oxygen atoms in total. The highest BCUT2D eigenvalue weighted by molar-refractivity contribution is 5.87. The van der Waals surface area contributed by atoms with Crippen LogP contribution in [0.5, 0.6) is 0 Å². The molecule has 54 heavy (non-hydrogen) atoms. The van der Waals surface area contributed by atoms with Crippen LogP contribution < -0.4 is 21.3 Å². The Kier molecular flexibility index (Phi) is 16.0. The van der Waals surface area contributed by atoms with Crippen LogP contribution >= 0.6 is 0 Å². The number of nitrogens with zero attached hydrogens (tertiary/aromatic N) is 1. The first-order chi connectivity index (χ1) is 26.0. The molecule has 3 aromatic carbocycles. The van der Waals surface area contributed by atoms with Crippen molar-refractivity contribution in [2.75, 3.05) is 0 Å². The maximum Gasteiger partial charge on any atom is 0.408 e. The molecule has 0 aliphatic rings. The molecule has 0 spiro atoms. The largest absolute Gasteiger partial charge is 0.445 e. The molecule has 3 unspecified atom stereocenters. The lowest BCUT2D eigenvalue weighted by molar-refractivity contribution is -0.126. The first-order valence-electron chi connectivity index (χ1n) is 18.2. The SMILES string of the molecule is CC(C)[C@H](NC(=O)OCc1ccccc1)C(=O)NC(Cc1ccccc1)C(O)C(Cc1ccccc1)NC(=O)[C@@H](NC(=O)OCc1ccncc1)C(C)C. The van der Waals surface area contributed by atoms with Crippen LogP contribution in [-0.2, 0) is 45.1 Å². The molecule has 286 valence electrons. The molecule has 0 saturated carbocycles. The third kappa shape index (κ3) is 13.3. The molecular formula is C42H51N5O7. The molecular weight excluding hydrogens is 686 g/mol. The second kappa shape index (κ2) is 21.1. The van der Waals surface area contributed by atoms with Crippen molar-refractivity contribution in [3.63, 3.8) is 0 Å². The fourth-order valence-corrected chi connectivity index (χ4v) is 5.83. The Morgan fingerprint density at radius 3 is 1.26 bits per heavy atom. The van der Waals surface area contributed by atoms with Crippen molar-refractivity contribution in [3.8, 4) is 0 Å². The number of hydrogen-bond acceptors (Lipinski definition) is 8. The minimum absolute atomic E-state index is 0.00598. The van der Waals surface area contributed by atoms with E-state index in [0.717, 1.165) is 22.3 Å². The summed E-state index contributed by atoms with van der Waals surface area (Å²) in [7, 11) is 0. The van der Waals surface area contributed by atoms with Gasteiger partial charge in [0.05, 0.1) is 18.2 Å². The molecule has 5 atom stereocenters. The van der Waals surface area contributed by atoms with E-state index in [-0.39, 0.29) is 37.9 Å². The van der Waals surface area contributed by atoms with Gasteiger partial charge in [-0.3, -0.25) is 14.6 Å². The molecule has 0 aliphatic carbocycles. The number of amides is 4. The van der Waals surface area contributed by atoms with Gasteiger partial charge >= 0.3 is 12.2 Å². The van der Waals surface area contributed by atoms with E-state index in [1.807, 2.05) is 91.0 Å². The van der Waals surface area contributed by atoms with Gasteiger partial charge in [0.15, 0.2) is 0 Å². The summed E-state index contributed by atoms with van der Waals surface area (Å²) >= 11 is 0. The van der Waals surface area contributed by atoms with Crippen molar-refractivity contribution in [1.29, 1.82) is 0 Å². The van der Waals surface area contributed by atoms with Crippen LogP contribution in [0.15, 0.2) is 116 Å². The van der Waals surface area contributed by atoms with Gasteiger partial charge in [-0.1, -0.05) is 119 Å². The van der Waals surface area contributed by atoms with Gasteiger partial charge in [0, 0.05) is 12.4 Å². The Labute approximate surface area is 317 Å². The number of rotatable bonds is 18. The molecule has 4 aromatic rings. The molecule has 1 heterocycles. The van der Waals surface area contributed by atoms with Gasteiger partial charge in [-0.15, -0.1) is 0 Å². The number of nitrogens with one attached hydrogen (secondary N) is 4. The number of carbonyl (C=O) groups is 4. The Morgan fingerprint density at radius 1 is 0.537 bits per heavy atom.